The van der Waals surface area contributed by atoms with Crippen molar-refractivity contribution in [1.82, 2.24) is 30.3 Å². The summed E-state index contributed by atoms with van der Waals surface area (Å²) in [5.74, 6) is 1.54. The number of piperazine rings is 1. The van der Waals surface area contributed by atoms with E-state index in [4.69, 9.17) is 0 Å². The van der Waals surface area contributed by atoms with E-state index in [0.29, 0.717) is 12.1 Å². The molecule has 1 saturated heterocycles. The Balaban J connectivity index is 1.84. The second-order valence-corrected chi connectivity index (χ2v) is 5.86. The molecule has 2 unspecified atom stereocenters. The van der Waals surface area contributed by atoms with Crippen LogP contribution in [0.3, 0.4) is 0 Å². The molecule has 3 rings (SSSR count). The van der Waals surface area contributed by atoms with E-state index in [1.165, 1.54) is 0 Å². The van der Waals surface area contributed by atoms with Crippen molar-refractivity contribution in [2.24, 2.45) is 7.05 Å². The van der Waals surface area contributed by atoms with Crippen molar-refractivity contribution in [3.05, 3.63) is 11.8 Å². The number of hydrogen-bond acceptors (Lipinski definition) is 5. The van der Waals surface area contributed by atoms with Crippen molar-refractivity contribution in [3.8, 4) is 11.5 Å². The topological polar surface area (TPSA) is 74.7 Å². The first-order chi connectivity index (χ1) is 10.1. The van der Waals surface area contributed by atoms with E-state index in [9.17, 15) is 0 Å². The summed E-state index contributed by atoms with van der Waals surface area (Å²) in [6.45, 7) is 8.32. The van der Waals surface area contributed by atoms with Gasteiger partial charge in [0.2, 0.25) is 5.95 Å². The van der Waals surface area contributed by atoms with Gasteiger partial charge in [0, 0.05) is 32.2 Å². The average molecular weight is 289 g/mol. The summed E-state index contributed by atoms with van der Waals surface area (Å²) < 4.78 is 1.85. The Morgan fingerprint density at radius 3 is 2.62 bits per heavy atom. The fraction of sp³-hybridized carbons (Fsp3) is 0.643. The average Bonchev–Trinajstić information content (AvgIpc) is 3.03. The Bertz CT molecular complexity index is 605. The van der Waals surface area contributed by atoms with Crippen LogP contribution in [0.25, 0.3) is 11.5 Å². The molecular weight excluding hydrogens is 266 g/mol. The normalized spacial score (nSPS) is 22.8. The summed E-state index contributed by atoms with van der Waals surface area (Å²) in [6, 6.07) is 2.95. The van der Waals surface area contributed by atoms with Gasteiger partial charge in [-0.3, -0.25) is 9.78 Å². The van der Waals surface area contributed by atoms with Gasteiger partial charge in [-0.25, -0.2) is 0 Å². The van der Waals surface area contributed by atoms with Crippen LogP contribution in [-0.4, -0.2) is 50.1 Å². The van der Waals surface area contributed by atoms with Gasteiger partial charge < -0.3 is 10.2 Å². The standard InChI is InChI=1S/C14H23N7/c1-5-11-6-12(20(4)19-11)13-16-14(18-17-13)21-7-9(2)15-10(3)8-21/h6,9-10,15H,5,7-8H2,1-4H3,(H,16,17,18). The molecule has 0 aliphatic carbocycles. The van der Waals surface area contributed by atoms with E-state index in [1.54, 1.807) is 0 Å². The summed E-state index contributed by atoms with van der Waals surface area (Å²) in [4.78, 5) is 6.88. The lowest BCUT2D eigenvalue weighted by molar-refractivity contribution is 0.403. The number of aromatic amines is 1. The molecule has 1 aliphatic heterocycles. The number of H-pyrrole nitrogens is 1. The molecule has 0 bridgehead atoms. The molecule has 0 amide bonds. The van der Waals surface area contributed by atoms with Gasteiger partial charge in [0.1, 0.15) is 5.69 Å². The maximum absolute atomic E-state index is 4.65. The van der Waals surface area contributed by atoms with Crippen LogP contribution < -0.4 is 10.2 Å². The van der Waals surface area contributed by atoms with Gasteiger partial charge >= 0.3 is 0 Å². The summed E-state index contributed by atoms with van der Waals surface area (Å²) in [6.07, 6.45) is 0.918. The van der Waals surface area contributed by atoms with Crippen LogP contribution in [0, 0.1) is 0 Å². The first-order valence-electron chi connectivity index (χ1n) is 7.53. The minimum atomic E-state index is 0.444. The highest BCUT2D eigenvalue weighted by atomic mass is 15.4. The van der Waals surface area contributed by atoms with Crippen LogP contribution in [0.5, 0.6) is 0 Å². The summed E-state index contributed by atoms with van der Waals surface area (Å²) >= 11 is 0. The van der Waals surface area contributed by atoms with Gasteiger partial charge in [-0.15, -0.1) is 5.10 Å². The molecule has 2 aromatic rings. The Kier molecular flexibility index (Phi) is 3.67. The van der Waals surface area contributed by atoms with Crippen LogP contribution in [0.4, 0.5) is 5.95 Å². The number of aryl methyl sites for hydroxylation is 2. The van der Waals surface area contributed by atoms with Crippen LogP contribution in [-0.2, 0) is 13.5 Å². The predicted octanol–water partition coefficient (Wildman–Crippen LogP) is 0.954. The number of rotatable bonds is 3. The molecule has 0 saturated carbocycles. The van der Waals surface area contributed by atoms with Gasteiger partial charge in [0.25, 0.3) is 0 Å². The summed E-state index contributed by atoms with van der Waals surface area (Å²) in [5, 5.41) is 15.4. The van der Waals surface area contributed by atoms with Crippen LogP contribution in [0.1, 0.15) is 26.5 Å². The highest BCUT2D eigenvalue weighted by molar-refractivity contribution is 5.52. The third-order valence-corrected chi connectivity index (χ3v) is 3.85. The molecule has 0 spiro atoms. The van der Waals surface area contributed by atoms with Gasteiger partial charge in [-0.1, -0.05) is 6.92 Å². The zero-order valence-electron chi connectivity index (χ0n) is 13.1. The maximum Gasteiger partial charge on any atom is 0.245 e. The Hall–Kier alpha value is -1.89. The zero-order valence-corrected chi connectivity index (χ0v) is 13.1. The molecule has 7 nitrogen and oxygen atoms in total. The smallest absolute Gasteiger partial charge is 0.245 e. The van der Waals surface area contributed by atoms with Gasteiger partial charge in [-0.05, 0) is 26.3 Å². The SMILES string of the molecule is CCc1cc(-c2nc(N3CC(C)NC(C)C3)n[nH]2)n(C)n1. The second-order valence-electron chi connectivity index (χ2n) is 5.86. The molecule has 7 heteroatoms. The van der Waals surface area contributed by atoms with Crippen LogP contribution >= 0.6 is 0 Å². The highest BCUT2D eigenvalue weighted by Crippen LogP contribution is 2.20. The Labute approximate surface area is 124 Å². The van der Waals surface area contributed by atoms with E-state index in [0.717, 1.165) is 42.7 Å². The number of nitrogens with zero attached hydrogens (tertiary/aromatic N) is 5. The van der Waals surface area contributed by atoms with E-state index < -0.39 is 0 Å². The summed E-state index contributed by atoms with van der Waals surface area (Å²) in [5.41, 5.74) is 2.04. The minimum absolute atomic E-state index is 0.444. The molecule has 2 aromatic heterocycles. The van der Waals surface area contributed by atoms with Crippen LogP contribution in [0.2, 0.25) is 0 Å². The van der Waals surface area contributed by atoms with E-state index >= 15 is 0 Å². The number of nitrogens with one attached hydrogen (secondary N) is 2. The molecule has 2 N–H and O–H groups in total. The van der Waals surface area contributed by atoms with Gasteiger partial charge in [0.05, 0.1) is 5.69 Å². The molecular formula is C14H23N7. The molecule has 114 valence electrons. The van der Waals surface area contributed by atoms with E-state index in [2.05, 4.69) is 57.3 Å². The van der Waals surface area contributed by atoms with Crippen molar-refractivity contribution in [1.29, 1.82) is 0 Å². The first kappa shape index (κ1) is 14.1. The van der Waals surface area contributed by atoms with Crippen molar-refractivity contribution >= 4 is 5.95 Å². The fourth-order valence-electron chi connectivity index (χ4n) is 2.92. The molecule has 0 radical (unpaired) electrons. The van der Waals surface area contributed by atoms with E-state index in [-0.39, 0.29) is 0 Å². The number of hydrogen-bond donors (Lipinski definition) is 2. The maximum atomic E-state index is 4.65. The van der Waals surface area contributed by atoms with Crippen LogP contribution in [0.15, 0.2) is 6.07 Å². The number of aromatic nitrogens is 5. The molecule has 21 heavy (non-hydrogen) atoms. The highest BCUT2D eigenvalue weighted by Gasteiger charge is 2.24. The van der Waals surface area contributed by atoms with Crippen molar-refractivity contribution in [2.45, 2.75) is 39.3 Å². The molecule has 1 fully saturated rings. The zero-order chi connectivity index (χ0) is 15.0. The third kappa shape index (κ3) is 2.78. The van der Waals surface area contributed by atoms with Crippen molar-refractivity contribution < 1.29 is 0 Å². The fourth-order valence-corrected chi connectivity index (χ4v) is 2.92. The largest absolute Gasteiger partial charge is 0.336 e. The van der Waals surface area contributed by atoms with Crippen molar-refractivity contribution in [3.63, 3.8) is 0 Å². The van der Waals surface area contributed by atoms with Gasteiger partial charge in [-0.2, -0.15) is 10.1 Å². The third-order valence-electron chi connectivity index (χ3n) is 3.85. The molecule has 0 aromatic carbocycles. The van der Waals surface area contributed by atoms with Crippen molar-refractivity contribution in [2.75, 3.05) is 18.0 Å². The molecule has 1 aliphatic rings. The Morgan fingerprint density at radius 1 is 1.29 bits per heavy atom. The Morgan fingerprint density at radius 2 is 2.00 bits per heavy atom. The summed E-state index contributed by atoms with van der Waals surface area (Å²) in [7, 11) is 1.94. The number of anilines is 1. The first-order valence-corrected chi connectivity index (χ1v) is 7.53. The second kappa shape index (κ2) is 5.48. The lowest BCUT2D eigenvalue weighted by Gasteiger charge is -2.35. The lowest BCUT2D eigenvalue weighted by Crippen LogP contribution is -2.54. The minimum Gasteiger partial charge on any atom is -0.336 e. The molecule has 2 atom stereocenters. The lowest BCUT2D eigenvalue weighted by atomic mass is 10.1. The monoisotopic (exact) mass is 289 g/mol. The van der Waals surface area contributed by atoms with E-state index in [1.807, 2.05) is 11.7 Å². The molecule has 3 heterocycles. The quantitative estimate of drug-likeness (QED) is 0.880. The predicted molar refractivity (Wildman–Crippen MR) is 82.2 cm³/mol. The van der Waals surface area contributed by atoms with Gasteiger partial charge in [0.15, 0.2) is 5.82 Å².